The monoisotopic (exact) mass is 420 g/mol. The molecule has 0 radical (unpaired) electrons. The molecule has 0 aromatic carbocycles. The normalized spacial score (nSPS) is 47.2. The van der Waals surface area contributed by atoms with Crippen molar-refractivity contribution in [1.29, 1.82) is 0 Å². The Morgan fingerprint density at radius 3 is 2.33 bits per heavy atom. The first-order valence-electron chi connectivity index (χ1n) is 11.5. The molecule has 7 atom stereocenters. The standard InChI is InChI=1S/C24H36O6/c1-15(25)29-13-22(4)18-7-10-23-11-17(24(28,12-23)14-30-16(2)26)5-6-19(23)21(18,3)9-8-20(22)27/h17-19,28H,5-14H2,1-4H3. The molecule has 4 saturated carbocycles. The smallest absolute Gasteiger partial charge is 0.302 e. The molecule has 0 aromatic heterocycles. The first kappa shape index (κ1) is 21.8. The summed E-state index contributed by atoms with van der Waals surface area (Å²) >= 11 is 0. The quantitative estimate of drug-likeness (QED) is 0.701. The van der Waals surface area contributed by atoms with E-state index in [1.54, 1.807) is 0 Å². The molecule has 4 aliphatic carbocycles. The van der Waals surface area contributed by atoms with Crippen LogP contribution in [0, 0.1) is 34.0 Å². The van der Waals surface area contributed by atoms with Crippen molar-refractivity contribution in [2.75, 3.05) is 13.2 Å². The molecule has 4 rings (SSSR count). The van der Waals surface area contributed by atoms with Gasteiger partial charge >= 0.3 is 11.9 Å². The van der Waals surface area contributed by atoms with Gasteiger partial charge in [-0.2, -0.15) is 0 Å². The Morgan fingerprint density at radius 2 is 1.67 bits per heavy atom. The molecule has 168 valence electrons. The van der Waals surface area contributed by atoms with E-state index in [0.29, 0.717) is 18.8 Å². The van der Waals surface area contributed by atoms with Gasteiger partial charge in [-0.25, -0.2) is 0 Å². The van der Waals surface area contributed by atoms with E-state index in [2.05, 4.69) is 6.92 Å². The highest BCUT2D eigenvalue weighted by Gasteiger charge is 2.68. The molecular weight excluding hydrogens is 384 g/mol. The van der Waals surface area contributed by atoms with Gasteiger partial charge in [0.1, 0.15) is 24.6 Å². The van der Waals surface area contributed by atoms with E-state index in [-0.39, 0.29) is 53.6 Å². The number of Topliss-reactive ketones (excluding diaryl/α,β-unsaturated/α-hetero) is 1. The van der Waals surface area contributed by atoms with Crippen molar-refractivity contribution < 1.29 is 29.0 Å². The molecule has 4 fully saturated rings. The highest BCUT2D eigenvalue weighted by Crippen LogP contribution is 2.72. The Kier molecular flexibility index (Phi) is 5.12. The van der Waals surface area contributed by atoms with Crippen molar-refractivity contribution in [3.05, 3.63) is 0 Å². The molecule has 30 heavy (non-hydrogen) atoms. The van der Waals surface area contributed by atoms with E-state index in [0.717, 1.165) is 38.5 Å². The van der Waals surface area contributed by atoms with Crippen LogP contribution in [0.5, 0.6) is 0 Å². The summed E-state index contributed by atoms with van der Waals surface area (Å²) < 4.78 is 10.6. The van der Waals surface area contributed by atoms with Crippen molar-refractivity contribution in [3.8, 4) is 0 Å². The first-order chi connectivity index (χ1) is 14.0. The first-order valence-corrected chi connectivity index (χ1v) is 11.5. The number of ketones is 1. The highest BCUT2D eigenvalue weighted by molar-refractivity contribution is 5.86. The molecule has 0 heterocycles. The summed E-state index contributed by atoms with van der Waals surface area (Å²) in [6.45, 7) is 7.38. The van der Waals surface area contributed by atoms with Crippen LogP contribution in [0.1, 0.15) is 79.1 Å². The van der Waals surface area contributed by atoms with E-state index >= 15 is 0 Å². The topological polar surface area (TPSA) is 89.9 Å². The van der Waals surface area contributed by atoms with Crippen LogP contribution in [0.25, 0.3) is 0 Å². The van der Waals surface area contributed by atoms with E-state index < -0.39 is 11.0 Å². The summed E-state index contributed by atoms with van der Waals surface area (Å²) in [6.07, 6.45) is 6.90. The molecule has 0 aromatic rings. The molecule has 0 amide bonds. The van der Waals surface area contributed by atoms with Crippen molar-refractivity contribution in [2.45, 2.75) is 84.7 Å². The van der Waals surface area contributed by atoms with Crippen LogP contribution < -0.4 is 0 Å². The second-order valence-electron chi connectivity index (χ2n) is 11.2. The van der Waals surface area contributed by atoms with Gasteiger partial charge in [-0.1, -0.05) is 6.92 Å². The van der Waals surface area contributed by atoms with Gasteiger partial charge in [-0.05, 0) is 80.5 Å². The molecular formula is C24H36O6. The number of esters is 2. The lowest BCUT2D eigenvalue weighted by atomic mass is 9.41. The fraction of sp³-hybridized carbons (Fsp3) is 0.875. The Morgan fingerprint density at radius 1 is 1.00 bits per heavy atom. The van der Waals surface area contributed by atoms with Crippen LogP contribution in [0.15, 0.2) is 0 Å². The van der Waals surface area contributed by atoms with Crippen molar-refractivity contribution >= 4 is 17.7 Å². The molecule has 6 nitrogen and oxygen atoms in total. The Balaban J connectivity index is 1.62. The zero-order valence-corrected chi connectivity index (χ0v) is 18.8. The van der Waals surface area contributed by atoms with Crippen LogP contribution in [0.2, 0.25) is 0 Å². The number of hydrogen-bond acceptors (Lipinski definition) is 6. The molecule has 7 unspecified atom stereocenters. The third kappa shape index (κ3) is 3.12. The lowest BCUT2D eigenvalue weighted by molar-refractivity contribution is -0.180. The third-order valence-electron chi connectivity index (χ3n) is 9.53. The van der Waals surface area contributed by atoms with Crippen LogP contribution in [0.4, 0.5) is 0 Å². The summed E-state index contributed by atoms with van der Waals surface area (Å²) in [5, 5.41) is 11.4. The molecule has 4 aliphatic rings. The zero-order valence-electron chi connectivity index (χ0n) is 18.8. The Bertz CT molecular complexity index is 763. The maximum Gasteiger partial charge on any atom is 0.302 e. The van der Waals surface area contributed by atoms with Crippen LogP contribution in [-0.2, 0) is 23.9 Å². The Hall–Kier alpha value is -1.43. The summed E-state index contributed by atoms with van der Waals surface area (Å²) in [7, 11) is 0. The number of rotatable bonds is 4. The van der Waals surface area contributed by atoms with Crippen molar-refractivity contribution in [1.82, 2.24) is 0 Å². The fourth-order valence-electron chi connectivity index (χ4n) is 8.30. The van der Waals surface area contributed by atoms with Gasteiger partial charge < -0.3 is 14.6 Å². The second-order valence-corrected chi connectivity index (χ2v) is 11.2. The van der Waals surface area contributed by atoms with Crippen molar-refractivity contribution in [3.63, 3.8) is 0 Å². The largest absolute Gasteiger partial charge is 0.465 e. The maximum absolute atomic E-state index is 13.0. The summed E-state index contributed by atoms with van der Waals surface area (Å²) in [5.74, 6) is 0.313. The van der Waals surface area contributed by atoms with E-state index in [9.17, 15) is 19.5 Å². The number of carbonyl (C=O) groups excluding carboxylic acids is 3. The van der Waals surface area contributed by atoms with Gasteiger partial charge in [0.15, 0.2) is 0 Å². The average Bonchev–Trinajstić information content (AvgIpc) is 2.88. The lowest BCUT2D eigenvalue weighted by Crippen LogP contribution is -2.60. The van der Waals surface area contributed by atoms with Gasteiger partial charge in [0, 0.05) is 20.3 Å². The molecule has 1 spiro atoms. The summed E-state index contributed by atoms with van der Waals surface area (Å²) in [6, 6.07) is 0. The van der Waals surface area contributed by atoms with Gasteiger partial charge in [-0.3, -0.25) is 14.4 Å². The fourth-order valence-corrected chi connectivity index (χ4v) is 8.30. The minimum atomic E-state index is -0.935. The van der Waals surface area contributed by atoms with Crippen molar-refractivity contribution in [2.24, 2.45) is 34.0 Å². The zero-order chi connectivity index (χ0) is 21.9. The molecule has 2 bridgehead atoms. The van der Waals surface area contributed by atoms with Crippen LogP contribution >= 0.6 is 0 Å². The predicted molar refractivity (Wildman–Crippen MR) is 109 cm³/mol. The van der Waals surface area contributed by atoms with Gasteiger partial charge in [0.05, 0.1) is 5.41 Å². The molecule has 0 saturated heterocycles. The molecule has 6 heteroatoms. The number of fused-ring (bicyclic) bond motifs is 3. The average molecular weight is 421 g/mol. The Labute approximate surface area is 179 Å². The summed E-state index contributed by atoms with van der Waals surface area (Å²) in [5.41, 5.74) is -1.54. The van der Waals surface area contributed by atoms with Crippen LogP contribution in [-0.4, -0.2) is 41.6 Å². The molecule has 0 aliphatic heterocycles. The number of carbonyl (C=O) groups is 3. The van der Waals surface area contributed by atoms with E-state index in [1.807, 2.05) is 6.92 Å². The number of aliphatic hydroxyl groups is 1. The maximum atomic E-state index is 13.0. The van der Waals surface area contributed by atoms with Gasteiger partial charge in [0.25, 0.3) is 0 Å². The van der Waals surface area contributed by atoms with E-state index in [4.69, 9.17) is 9.47 Å². The van der Waals surface area contributed by atoms with Gasteiger partial charge in [-0.15, -0.1) is 0 Å². The second kappa shape index (κ2) is 7.04. The SMILES string of the molecule is CC(=O)OCC1(O)CC23CCC4C(C)(COC(C)=O)C(=O)CCC4(C)C2CCC1C3. The minimum absolute atomic E-state index is 0.0152. The predicted octanol–water partition coefficient (Wildman–Crippen LogP) is 3.44. The number of hydrogen-bond donors (Lipinski definition) is 1. The molecule has 1 N–H and O–H groups in total. The van der Waals surface area contributed by atoms with Gasteiger partial charge in [0.2, 0.25) is 0 Å². The van der Waals surface area contributed by atoms with Crippen LogP contribution in [0.3, 0.4) is 0 Å². The third-order valence-corrected chi connectivity index (χ3v) is 9.53. The highest BCUT2D eigenvalue weighted by atomic mass is 16.5. The lowest BCUT2D eigenvalue weighted by Gasteiger charge is -2.63. The van der Waals surface area contributed by atoms with E-state index in [1.165, 1.54) is 13.8 Å². The minimum Gasteiger partial charge on any atom is -0.465 e. The number of ether oxygens (including phenoxy) is 2. The summed E-state index contributed by atoms with van der Waals surface area (Å²) in [4.78, 5) is 35.9.